The molecule has 0 heterocycles. The smallest absolute Gasteiger partial charge is 0.327 e. The molecule has 0 aromatic carbocycles. The lowest BCUT2D eigenvalue weighted by Crippen LogP contribution is -2.29. The molecule has 0 aliphatic carbocycles. The molecule has 0 aliphatic rings. The molecule has 8 heteroatoms. The molecule has 0 saturated carbocycles. The second-order valence-corrected chi connectivity index (χ2v) is 16.4. The average Bonchev–Trinajstić information content (AvgIpc) is 3.11. The highest BCUT2D eigenvalue weighted by atomic mass is 31.2. The van der Waals surface area contributed by atoms with Gasteiger partial charge in [-0.3, -0.25) is 14.2 Å². The Morgan fingerprint density at radius 3 is 1.31 bits per heavy atom. The number of carbonyl (C=O) groups is 2. The summed E-state index contributed by atoms with van der Waals surface area (Å²) in [6.45, 7) is 7.91. The number of ether oxygens (including phenoxy) is 2. The Hall–Kier alpha value is -1.43. The minimum absolute atomic E-state index is 0.115. The average molecular weight is 741 g/mol. The molecular weight excluding hydrogens is 659 g/mol. The van der Waals surface area contributed by atoms with E-state index in [0.717, 1.165) is 57.8 Å². The maximum atomic E-state index is 12.6. The largest absolute Gasteiger partial charge is 0.462 e. The first-order valence-corrected chi connectivity index (χ1v) is 23.3. The van der Waals surface area contributed by atoms with E-state index in [2.05, 4.69) is 38.2 Å². The second-order valence-electron chi connectivity index (χ2n) is 14.4. The molecule has 0 N–H and O–H groups in total. The van der Waals surface area contributed by atoms with Crippen molar-refractivity contribution in [2.75, 3.05) is 26.5 Å². The molecule has 0 aliphatic heterocycles. The molecule has 2 atom stereocenters. The normalized spacial score (nSPS) is 13.6. The molecule has 0 aromatic rings. The Balaban J connectivity index is 4.20. The monoisotopic (exact) mass is 741 g/mol. The second kappa shape index (κ2) is 38.3. The van der Waals surface area contributed by atoms with Crippen LogP contribution in [0.25, 0.3) is 0 Å². The third-order valence-electron chi connectivity index (χ3n) is 9.04. The van der Waals surface area contributed by atoms with E-state index in [1.165, 1.54) is 116 Å². The summed E-state index contributed by atoms with van der Waals surface area (Å²) in [6.07, 6.45) is 40.9. The molecule has 7 nitrogen and oxygen atoms in total. The summed E-state index contributed by atoms with van der Waals surface area (Å²) < 4.78 is 34.5. The summed E-state index contributed by atoms with van der Waals surface area (Å²) in [7, 11) is -3.29. The van der Waals surface area contributed by atoms with Crippen LogP contribution in [0, 0.1) is 0 Å². The van der Waals surface area contributed by atoms with E-state index in [9.17, 15) is 14.2 Å². The molecule has 0 bridgehead atoms. The van der Waals surface area contributed by atoms with E-state index in [0.29, 0.717) is 25.9 Å². The van der Waals surface area contributed by atoms with Crippen LogP contribution in [0.15, 0.2) is 24.3 Å². The van der Waals surface area contributed by atoms with E-state index in [1.807, 2.05) is 6.92 Å². The van der Waals surface area contributed by atoms with Crippen molar-refractivity contribution in [2.24, 2.45) is 0 Å². The van der Waals surface area contributed by atoms with Gasteiger partial charge in [-0.15, -0.1) is 0 Å². The van der Waals surface area contributed by atoms with Crippen LogP contribution in [0.2, 0.25) is 0 Å². The molecule has 0 radical (unpaired) electrons. The predicted octanol–water partition coefficient (Wildman–Crippen LogP) is 13.8. The Morgan fingerprint density at radius 2 is 0.882 bits per heavy atom. The number of rotatable bonds is 39. The van der Waals surface area contributed by atoms with Crippen LogP contribution in [0.1, 0.15) is 207 Å². The first kappa shape index (κ1) is 49.6. The van der Waals surface area contributed by atoms with Gasteiger partial charge in [0.05, 0.1) is 13.2 Å². The maximum Gasteiger partial charge on any atom is 0.327 e. The minimum atomic E-state index is -3.29. The highest BCUT2D eigenvalue weighted by molar-refractivity contribution is 7.52. The first-order chi connectivity index (χ1) is 24.8. The standard InChI is InChI=1S/C43H81O7P/c1-5-8-10-12-14-16-18-20-22-24-26-28-30-32-34-36-42(44)47-39-41(40-49-51(4,46)48-38-7-3)50-43(45)37-35-33-31-29-27-25-23-21-19-17-15-13-11-9-6-2/h20-23,41H,5-19,24-40H2,1-4H3/b22-20-,23-21-/t41-,51+/m1/s1. The molecule has 51 heavy (non-hydrogen) atoms. The molecule has 0 amide bonds. The number of carbonyl (C=O) groups excluding carboxylic acids is 2. The summed E-state index contributed by atoms with van der Waals surface area (Å²) in [5.41, 5.74) is 0. The molecule has 0 spiro atoms. The van der Waals surface area contributed by atoms with Gasteiger partial charge in [-0.2, -0.15) is 0 Å². The lowest BCUT2D eigenvalue weighted by molar-refractivity contribution is -0.161. The molecule has 0 unspecified atom stereocenters. The summed E-state index contributed by atoms with van der Waals surface area (Å²) in [4.78, 5) is 25.1. The Kier molecular flexibility index (Phi) is 37.2. The van der Waals surface area contributed by atoms with E-state index < -0.39 is 13.7 Å². The van der Waals surface area contributed by atoms with Crippen LogP contribution in [-0.4, -0.2) is 44.5 Å². The molecule has 0 saturated heterocycles. The highest BCUT2D eigenvalue weighted by Gasteiger charge is 2.23. The van der Waals surface area contributed by atoms with Crippen LogP contribution in [0.4, 0.5) is 0 Å². The molecule has 300 valence electrons. The predicted molar refractivity (Wildman–Crippen MR) is 215 cm³/mol. The lowest BCUT2D eigenvalue weighted by Gasteiger charge is -2.20. The van der Waals surface area contributed by atoms with Crippen molar-refractivity contribution in [2.45, 2.75) is 213 Å². The van der Waals surface area contributed by atoms with Crippen molar-refractivity contribution in [3.8, 4) is 0 Å². The van der Waals surface area contributed by atoms with Crippen LogP contribution in [-0.2, 0) is 32.7 Å². The van der Waals surface area contributed by atoms with E-state index in [4.69, 9.17) is 18.5 Å². The Labute approximate surface area is 315 Å². The number of hydrogen-bond acceptors (Lipinski definition) is 7. The van der Waals surface area contributed by atoms with Crippen molar-refractivity contribution >= 4 is 19.5 Å². The maximum absolute atomic E-state index is 12.6. The first-order valence-electron chi connectivity index (χ1n) is 21.4. The third kappa shape index (κ3) is 38.1. The number of unbranched alkanes of at least 4 members (excludes halogenated alkanes) is 22. The van der Waals surface area contributed by atoms with Crippen LogP contribution >= 0.6 is 7.60 Å². The quantitative estimate of drug-likeness (QED) is 0.0268. The van der Waals surface area contributed by atoms with Gasteiger partial charge in [-0.25, -0.2) is 0 Å². The van der Waals surface area contributed by atoms with Gasteiger partial charge in [0.25, 0.3) is 0 Å². The van der Waals surface area contributed by atoms with E-state index >= 15 is 0 Å². The van der Waals surface area contributed by atoms with Crippen LogP contribution in [0.5, 0.6) is 0 Å². The molecule has 0 rings (SSSR count). The SMILES string of the molecule is CCCCCCCC/C=C\CCCCCCCC(=O)OC[C@H](CO[P@@](C)(=O)OCCC)OC(=O)CCCCCCC/C=C\CCCCCCCC. The third-order valence-corrected chi connectivity index (χ3v) is 10.3. The fraction of sp³-hybridized carbons (Fsp3) is 0.860. The minimum Gasteiger partial charge on any atom is -0.462 e. The van der Waals surface area contributed by atoms with Crippen LogP contribution < -0.4 is 0 Å². The van der Waals surface area contributed by atoms with Gasteiger partial charge < -0.3 is 18.5 Å². The summed E-state index contributed by atoms with van der Waals surface area (Å²) in [6, 6.07) is 0. The van der Waals surface area contributed by atoms with Crippen LogP contribution in [0.3, 0.4) is 0 Å². The fourth-order valence-corrected chi connectivity index (χ4v) is 6.84. The number of esters is 2. The van der Waals surface area contributed by atoms with Gasteiger partial charge >= 0.3 is 19.5 Å². The van der Waals surface area contributed by atoms with Gasteiger partial charge in [0, 0.05) is 19.5 Å². The van der Waals surface area contributed by atoms with Gasteiger partial charge in [0.15, 0.2) is 6.10 Å². The van der Waals surface area contributed by atoms with Gasteiger partial charge in [-0.05, 0) is 70.6 Å². The fourth-order valence-electron chi connectivity index (χ4n) is 5.81. The van der Waals surface area contributed by atoms with Crippen molar-refractivity contribution < 1.29 is 32.7 Å². The highest BCUT2D eigenvalue weighted by Crippen LogP contribution is 2.44. The van der Waals surface area contributed by atoms with Crippen molar-refractivity contribution in [1.82, 2.24) is 0 Å². The van der Waals surface area contributed by atoms with Gasteiger partial charge in [0.2, 0.25) is 0 Å². The zero-order valence-electron chi connectivity index (χ0n) is 33.8. The van der Waals surface area contributed by atoms with Crippen molar-refractivity contribution in [3.05, 3.63) is 24.3 Å². The lowest BCUT2D eigenvalue weighted by atomic mass is 10.1. The Bertz CT molecular complexity index is 888. The number of allylic oxidation sites excluding steroid dienone is 4. The molecular formula is C43H81O7P. The summed E-state index contributed by atoms with van der Waals surface area (Å²) in [5.74, 6) is -0.664. The van der Waals surface area contributed by atoms with Gasteiger partial charge in [-0.1, -0.05) is 148 Å². The van der Waals surface area contributed by atoms with E-state index in [-0.39, 0.29) is 25.2 Å². The summed E-state index contributed by atoms with van der Waals surface area (Å²) in [5, 5.41) is 0. The number of hydrogen-bond donors (Lipinski definition) is 0. The van der Waals surface area contributed by atoms with Crippen molar-refractivity contribution in [1.29, 1.82) is 0 Å². The van der Waals surface area contributed by atoms with Crippen molar-refractivity contribution in [3.63, 3.8) is 0 Å². The zero-order chi connectivity index (χ0) is 37.5. The van der Waals surface area contributed by atoms with Gasteiger partial charge in [0.1, 0.15) is 6.61 Å². The zero-order valence-corrected chi connectivity index (χ0v) is 34.7. The molecule has 0 fully saturated rings. The Morgan fingerprint density at radius 1 is 0.490 bits per heavy atom. The molecule has 0 aromatic heterocycles. The van der Waals surface area contributed by atoms with E-state index in [1.54, 1.807) is 0 Å². The topological polar surface area (TPSA) is 88.1 Å². The summed E-state index contributed by atoms with van der Waals surface area (Å²) >= 11 is 0.